The molecule has 6 heteroatoms. The molecule has 1 aromatic carbocycles. The van der Waals surface area contributed by atoms with Crippen molar-refractivity contribution in [1.29, 1.82) is 0 Å². The average Bonchev–Trinajstić information content (AvgIpc) is 2.87. The predicted molar refractivity (Wildman–Crippen MR) is 75.2 cm³/mol. The zero-order valence-corrected chi connectivity index (χ0v) is 11.8. The van der Waals surface area contributed by atoms with Crippen LogP contribution in [-0.2, 0) is 9.53 Å². The van der Waals surface area contributed by atoms with Gasteiger partial charge < -0.3 is 4.74 Å². The van der Waals surface area contributed by atoms with Crippen LogP contribution in [0.15, 0.2) is 41.2 Å². The van der Waals surface area contributed by atoms with Gasteiger partial charge in [0.2, 0.25) is 5.78 Å². The Balaban J connectivity index is 2.35. The van der Waals surface area contributed by atoms with Crippen LogP contribution in [0, 0.1) is 0 Å². The van der Waals surface area contributed by atoms with Gasteiger partial charge in [0, 0.05) is 11.6 Å². The minimum Gasteiger partial charge on any atom is -0.467 e. The van der Waals surface area contributed by atoms with Crippen molar-refractivity contribution >= 4 is 23.3 Å². The third kappa shape index (κ3) is 2.70. The summed E-state index contributed by atoms with van der Waals surface area (Å²) in [6, 6.07) is 9.19. The van der Waals surface area contributed by atoms with Crippen molar-refractivity contribution < 1.29 is 14.3 Å². The number of ketones is 1. The van der Waals surface area contributed by atoms with Crippen LogP contribution in [0.2, 0.25) is 0 Å². The number of rotatable bonds is 4. The first-order chi connectivity index (χ1) is 9.54. The molecular weight excluding hydrogens is 278 g/mol. The molecule has 0 aliphatic carbocycles. The number of esters is 1. The van der Waals surface area contributed by atoms with Crippen molar-refractivity contribution in [2.75, 3.05) is 7.11 Å². The highest BCUT2D eigenvalue weighted by molar-refractivity contribution is 7.09. The lowest BCUT2D eigenvalue weighted by Gasteiger charge is -2.08. The van der Waals surface area contributed by atoms with Crippen LogP contribution in [0.1, 0.15) is 28.2 Å². The zero-order valence-electron chi connectivity index (χ0n) is 11.0. The maximum Gasteiger partial charge on any atom is 0.329 e. The number of carbonyl (C=O) groups is 2. The van der Waals surface area contributed by atoms with Crippen molar-refractivity contribution in [2.24, 2.45) is 0 Å². The van der Waals surface area contributed by atoms with Crippen molar-refractivity contribution in [1.82, 2.24) is 3.96 Å². The highest BCUT2D eigenvalue weighted by Crippen LogP contribution is 2.17. The molecule has 1 atom stereocenters. The van der Waals surface area contributed by atoms with E-state index in [9.17, 15) is 14.4 Å². The van der Waals surface area contributed by atoms with Crippen molar-refractivity contribution in [2.45, 2.75) is 13.0 Å². The molecule has 0 saturated carbocycles. The molecule has 0 aliphatic heterocycles. The molecule has 0 saturated heterocycles. The molecule has 0 N–H and O–H groups in total. The fraction of sp³-hybridized carbons (Fsp3) is 0.214. The summed E-state index contributed by atoms with van der Waals surface area (Å²) >= 11 is 0.968. The summed E-state index contributed by atoms with van der Waals surface area (Å²) in [4.78, 5) is 35.8. The summed E-state index contributed by atoms with van der Waals surface area (Å²) in [6.07, 6.45) is 0. The molecule has 2 aromatic rings. The molecule has 0 aliphatic rings. The molecule has 1 heterocycles. The van der Waals surface area contributed by atoms with Crippen LogP contribution in [0.5, 0.6) is 0 Å². The van der Waals surface area contributed by atoms with Gasteiger partial charge in [-0.25, -0.2) is 8.75 Å². The van der Waals surface area contributed by atoms with E-state index >= 15 is 0 Å². The zero-order chi connectivity index (χ0) is 14.7. The average molecular weight is 291 g/mol. The van der Waals surface area contributed by atoms with Crippen LogP contribution < -0.4 is 5.56 Å². The Morgan fingerprint density at radius 1 is 1.25 bits per heavy atom. The number of hydrogen-bond donors (Lipinski definition) is 0. The number of benzene rings is 1. The lowest BCUT2D eigenvalue weighted by Crippen LogP contribution is -2.23. The molecule has 2 rings (SSSR count). The lowest BCUT2D eigenvalue weighted by molar-refractivity contribution is -0.143. The molecule has 104 valence electrons. The first-order valence-electron chi connectivity index (χ1n) is 5.95. The summed E-state index contributed by atoms with van der Waals surface area (Å²) < 4.78 is 5.84. The fourth-order valence-corrected chi connectivity index (χ4v) is 2.68. The van der Waals surface area contributed by atoms with Gasteiger partial charge in [-0.1, -0.05) is 41.9 Å². The Hall–Kier alpha value is -2.21. The molecule has 0 spiro atoms. The molecule has 1 unspecified atom stereocenters. The second-order valence-corrected chi connectivity index (χ2v) is 5.17. The summed E-state index contributed by atoms with van der Waals surface area (Å²) in [6.45, 7) is 1.56. The minimum absolute atomic E-state index is 0.233. The molecule has 0 radical (unpaired) electrons. The quantitative estimate of drug-likeness (QED) is 0.637. The first kappa shape index (κ1) is 14.2. The van der Waals surface area contributed by atoms with E-state index in [4.69, 9.17) is 0 Å². The normalized spacial score (nSPS) is 11.9. The van der Waals surface area contributed by atoms with Crippen LogP contribution in [0.4, 0.5) is 0 Å². The van der Waals surface area contributed by atoms with Gasteiger partial charge in [-0.2, -0.15) is 0 Å². The Labute approximate surface area is 119 Å². The van der Waals surface area contributed by atoms with Crippen LogP contribution in [-0.4, -0.2) is 22.8 Å². The van der Waals surface area contributed by atoms with E-state index in [1.54, 1.807) is 31.2 Å². The highest BCUT2D eigenvalue weighted by Gasteiger charge is 2.21. The van der Waals surface area contributed by atoms with Crippen molar-refractivity contribution in [3.8, 4) is 0 Å². The lowest BCUT2D eigenvalue weighted by atomic mass is 10.1. The number of nitrogens with zero attached hydrogens (tertiary/aromatic N) is 1. The molecule has 1 aromatic heterocycles. The Kier molecular flexibility index (Phi) is 4.14. The van der Waals surface area contributed by atoms with E-state index in [0.717, 1.165) is 11.5 Å². The molecular formula is C14H13NO4S. The van der Waals surface area contributed by atoms with Gasteiger partial charge in [0.05, 0.1) is 12.0 Å². The SMILES string of the molecule is COC(=O)C(C)n1sc(C(=O)c2ccccc2)cc1=O. The van der Waals surface area contributed by atoms with Gasteiger partial charge in [-0.15, -0.1) is 0 Å². The summed E-state index contributed by atoms with van der Waals surface area (Å²) in [5.41, 5.74) is 0.124. The van der Waals surface area contributed by atoms with Gasteiger partial charge in [-0.05, 0) is 6.92 Å². The van der Waals surface area contributed by atoms with E-state index in [0.29, 0.717) is 10.4 Å². The maximum atomic E-state index is 12.2. The smallest absolute Gasteiger partial charge is 0.329 e. The van der Waals surface area contributed by atoms with E-state index in [-0.39, 0.29) is 11.3 Å². The largest absolute Gasteiger partial charge is 0.467 e. The maximum absolute atomic E-state index is 12.2. The van der Waals surface area contributed by atoms with Gasteiger partial charge in [0.1, 0.15) is 6.04 Å². The number of hydrogen-bond acceptors (Lipinski definition) is 5. The summed E-state index contributed by atoms with van der Waals surface area (Å²) in [5.74, 6) is -0.754. The first-order valence-corrected chi connectivity index (χ1v) is 6.72. The fourth-order valence-electron chi connectivity index (χ4n) is 1.73. The molecule has 0 amide bonds. The Morgan fingerprint density at radius 3 is 2.50 bits per heavy atom. The van der Waals surface area contributed by atoms with Crippen LogP contribution in [0.3, 0.4) is 0 Å². The third-order valence-electron chi connectivity index (χ3n) is 2.82. The third-order valence-corrected chi connectivity index (χ3v) is 4.02. The standard InChI is InChI=1S/C14H13NO4S/c1-9(14(18)19-2)15-12(16)8-11(20-15)13(17)10-6-4-3-5-7-10/h3-9H,1-2H3. The van der Waals surface area contributed by atoms with Crippen molar-refractivity contribution in [3.63, 3.8) is 0 Å². The van der Waals surface area contributed by atoms with Crippen LogP contribution >= 0.6 is 11.5 Å². The Bertz CT molecular complexity index is 687. The van der Waals surface area contributed by atoms with Gasteiger partial charge in [-0.3, -0.25) is 9.59 Å². The van der Waals surface area contributed by atoms with Crippen molar-refractivity contribution in [3.05, 3.63) is 57.2 Å². The second-order valence-electron chi connectivity index (χ2n) is 4.16. The van der Waals surface area contributed by atoms with Crippen LogP contribution in [0.25, 0.3) is 0 Å². The van der Waals surface area contributed by atoms with E-state index < -0.39 is 12.0 Å². The van der Waals surface area contributed by atoms with E-state index in [2.05, 4.69) is 4.74 Å². The second kappa shape index (κ2) is 5.83. The number of carbonyl (C=O) groups excluding carboxylic acids is 2. The number of methoxy groups -OCH3 is 1. The molecule has 0 bridgehead atoms. The molecule has 5 nitrogen and oxygen atoms in total. The minimum atomic E-state index is -0.741. The van der Waals surface area contributed by atoms with E-state index in [1.165, 1.54) is 17.1 Å². The van der Waals surface area contributed by atoms with Gasteiger partial charge >= 0.3 is 5.97 Å². The topological polar surface area (TPSA) is 65.4 Å². The molecule has 0 fully saturated rings. The monoisotopic (exact) mass is 291 g/mol. The highest BCUT2D eigenvalue weighted by atomic mass is 32.1. The summed E-state index contributed by atoms with van der Waals surface area (Å²) in [7, 11) is 1.26. The molecule has 20 heavy (non-hydrogen) atoms. The Morgan fingerprint density at radius 2 is 1.90 bits per heavy atom. The number of ether oxygens (including phenoxy) is 1. The van der Waals surface area contributed by atoms with Gasteiger partial charge in [0.25, 0.3) is 5.56 Å². The van der Waals surface area contributed by atoms with E-state index in [1.807, 2.05) is 6.07 Å². The number of aromatic nitrogens is 1. The van der Waals surface area contributed by atoms with Gasteiger partial charge in [0.15, 0.2) is 0 Å². The predicted octanol–water partition coefficient (Wildman–Crippen LogP) is 1.87. The summed E-state index contributed by atoms with van der Waals surface area (Å²) in [5, 5.41) is 0.